The summed E-state index contributed by atoms with van der Waals surface area (Å²) in [4.78, 5) is 62.5. The predicted molar refractivity (Wildman–Crippen MR) is 189 cm³/mol. The molecule has 0 radical (unpaired) electrons. The van der Waals surface area contributed by atoms with Crippen LogP contribution in [0.15, 0.2) is 72.8 Å². The van der Waals surface area contributed by atoms with E-state index in [1.54, 1.807) is 41.1 Å². The number of allylic oxidation sites excluding steroid dienone is 1. The SMILES string of the molecule is Cc1cccc(Cl)c1N1C/C=C\CCC(=O)N(C)[C@H](C)[C@@H](c2ccccc2)OC(=O)[C@@H]2[C@@H]3C=C[C@]4(O3)[C@H](C1=O)N([C@@H](CO)CC(C)C)C(=O)[C@@H]24. The van der Waals surface area contributed by atoms with Gasteiger partial charge in [0.05, 0.1) is 41.4 Å². The summed E-state index contributed by atoms with van der Waals surface area (Å²) in [6, 6.07) is 12.2. The molecule has 3 amide bonds. The second-order valence-electron chi connectivity index (χ2n) is 14.3. The molecule has 4 aliphatic heterocycles. The van der Waals surface area contributed by atoms with Gasteiger partial charge in [-0.25, -0.2) is 0 Å². The van der Waals surface area contributed by atoms with Gasteiger partial charge in [-0.05, 0) is 49.8 Å². The van der Waals surface area contributed by atoms with Crippen molar-refractivity contribution >= 4 is 41.0 Å². The molecule has 0 unspecified atom stereocenters. The lowest BCUT2D eigenvalue weighted by molar-refractivity contribution is -0.164. The van der Waals surface area contributed by atoms with Crippen LogP contribution in [-0.2, 0) is 28.7 Å². The number of carbonyl (C=O) groups excluding carboxylic acids is 4. The number of amides is 3. The molecule has 50 heavy (non-hydrogen) atoms. The van der Waals surface area contributed by atoms with Gasteiger partial charge in [-0.3, -0.25) is 19.2 Å². The van der Waals surface area contributed by atoms with Crippen LogP contribution in [-0.4, -0.2) is 88.6 Å². The predicted octanol–water partition coefficient (Wildman–Crippen LogP) is 5.02. The molecule has 4 aliphatic rings. The van der Waals surface area contributed by atoms with E-state index >= 15 is 4.79 Å². The maximum Gasteiger partial charge on any atom is 0.313 e. The number of anilines is 1. The largest absolute Gasteiger partial charge is 0.455 e. The quantitative estimate of drug-likeness (QED) is 0.332. The standard InChI is InChI=1S/C39H46ClN3O7/c1-23(2)21-27(22-44)43-35-37(47)42(33-24(3)13-12-16-28(33)40)20-11-7-10-17-30(45)41(5)25(4)34(26-14-8-6-9-15-26)49-38(48)31-29-18-19-39(35,50-29)32(31)36(43)46/h6-9,11-16,18-19,23,25,27,29,31-32,34-35,44H,10,17,20-22H2,1-5H3/b11-7-/t25-,27-,29+,31-,32-,34+,35+,39-/m1/s1. The minimum Gasteiger partial charge on any atom is -0.455 e. The van der Waals surface area contributed by atoms with Crippen molar-refractivity contribution in [2.24, 2.45) is 17.8 Å². The number of aliphatic hydroxyl groups excluding tert-OH is 1. The highest BCUT2D eigenvalue weighted by atomic mass is 35.5. The Morgan fingerprint density at radius 3 is 2.44 bits per heavy atom. The lowest BCUT2D eigenvalue weighted by Crippen LogP contribution is -2.59. The number of esters is 1. The average Bonchev–Trinajstić information content (AvgIpc) is 3.74. The lowest BCUT2D eigenvalue weighted by Gasteiger charge is -2.39. The Balaban J connectivity index is 1.51. The van der Waals surface area contributed by atoms with Gasteiger partial charge >= 0.3 is 5.97 Å². The first-order chi connectivity index (χ1) is 23.9. The summed E-state index contributed by atoms with van der Waals surface area (Å²) in [5, 5.41) is 11.1. The van der Waals surface area contributed by atoms with Crippen molar-refractivity contribution in [2.75, 3.05) is 25.1 Å². The molecule has 0 saturated carbocycles. The maximum absolute atomic E-state index is 15.2. The number of likely N-dealkylation sites (tertiary alicyclic amines) is 1. The molecule has 2 aromatic carbocycles. The highest BCUT2D eigenvalue weighted by Crippen LogP contribution is 2.57. The van der Waals surface area contributed by atoms with Gasteiger partial charge in [0.2, 0.25) is 11.8 Å². The number of benzene rings is 2. The van der Waals surface area contributed by atoms with E-state index in [4.69, 9.17) is 21.1 Å². The first kappa shape index (κ1) is 35.8. The second kappa shape index (κ2) is 14.3. The van der Waals surface area contributed by atoms with Crippen molar-refractivity contribution in [1.29, 1.82) is 0 Å². The Morgan fingerprint density at radius 2 is 1.76 bits per heavy atom. The second-order valence-corrected chi connectivity index (χ2v) is 14.7. The molecule has 0 aliphatic carbocycles. The number of aryl methyl sites for hydroxylation is 1. The molecule has 10 nitrogen and oxygen atoms in total. The van der Waals surface area contributed by atoms with Gasteiger partial charge in [0.25, 0.3) is 5.91 Å². The van der Waals surface area contributed by atoms with Gasteiger partial charge in [0.15, 0.2) is 0 Å². The van der Waals surface area contributed by atoms with Gasteiger partial charge in [0.1, 0.15) is 23.7 Å². The average molecular weight is 704 g/mol. The first-order valence-corrected chi connectivity index (χ1v) is 17.8. The number of ether oxygens (including phenoxy) is 2. The van der Waals surface area contributed by atoms with Gasteiger partial charge in [-0.1, -0.05) is 92.2 Å². The Kier molecular flexibility index (Phi) is 10.3. The molecule has 1 spiro atoms. The number of hydrogen-bond acceptors (Lipinski definition) is 7. The number of halogens is 1. The third-order valence-corrected chi connectivity index (χ3v) is 11.0. The lowest BCUT2D eigenvalue weighted by atomic mass is 9.74. The highest BCUT2D eigenvalue weighted by Gasteiger charge is 2.74. The number of fused-ring (bicyclic) bond motifs is 2. The first-order valence-electron chi connectivity index (χ1n) is 17.4. The third-order valence-electron chi connectivity index (χ3n) is 10.7. The maximum atomic E-state index is 15.2. The van der Waals surface area contributed by atoms with E-state index in [0.717, 1.165) is 5.56 Å². The molecule has 2 fully saturated rings. The summed E-state index contributed by atoms with van der Waals surface area (Å²) < 4.78 is 12.9. The normalized spacial score (nSPS) is 31.4. The molecule has 5 bridgehead atoms. The van der Waals surface area contributed by atoms with E-state index in [0.29, 0.717) is 29.1 Å². The molecule has 2 saturated heterocycles. The van der Waals surface area contributed by atoms with Crippen molar-refractivity contribution < 1.29 is 33.8 Å². The Labute approximate surface area is 298 Å². The van der Waals surface area contributed by atoms with E-state index in [2.05, 4.69) is 0 Å². The van der Waals surface area contributed by atoms with Crippen LogP contribution in [0.25, 0.3) is 0 Å². The van der Waals surface area contributed by atoms with Crippen LogP contribution in [0.2, 0.25) is 5.02 Å². The van der Waals surface area contributed by atoms with E-state index in [1.807, 2.05) is 76.2 Å². The molecule has 6 rings (SSSR count). The number of hydrogen-bond donors (Lipinski definition) is 1. The molecule has 11 heteroatoms. The third kappa shape index (κ3) is 6.15. The summed E-state index contributed by atoms with van der Waals surface area (Å²) in [6.07, 6.45) is 6.57. The Morgan fingerprint density at radius 1 is 1.02 bits per heavy atom. The van der Waals surface area contributed by atoms with Crippen LogP contribution in [0.3, 0.4) is 0 Å². The number of nitrogens with zero attached hydrogens (tertiary/aromatic N) is 3. The molecule has 0 aromatic heterocycles. The molecule has 266 valence electrons. The van der Waals surface area contributed by atoms with Crippen molar-refractivity contribution in [3.63, 3.8) is 0 Å². The summed E-state index contributed by atoms with van der Waals surface area (Å²) in [5.41, 5.74) is 0.456. The van der Waals surface area contributed by atoms with Crippen molar-refractivity contribution in [3.8, 4) is 0 Å². The fourth-order valence-corrected chi connectivity index (χ4v) is 8.50. The number of carbonyl (C=O) groups is 4. The highest BCUT2D eigenvalue weighted by molar-refractivity contribution is 6.34. The number of likely N-dealkylation sites (N-methyl/N-ethyl adjacent to an activating group) is 1. The van der Waals surface area contributed by atoms with Crippen molar-refractivity contribution in [2.45, 2.75) is 82.9 Å². The zero-order chi connectivity index (χ0) is 35.9. The monoisotopic (exact) mass is 703 g/mol. The van der Waals surface area contributed by atoms with Gasteiger partial charge in [0, 0.05) is 20.0 Å². The Bertz CT molecular complexity index is 1680. The summed E-state index contributed by atoms with van der Waals surface area (Å²) in [6.45, 7) is 7.40. The van der Waals surface area contributed by atoms with Gasteiger partial charge < -0.3 is 29.3 Å². The molecule has 2 aromatic rings. The number of cyclic esters (lactones) is 1. The molecule has 4 heterocycles. The molecular weight excluding hydrogens is 658 g/mol. The van der Waals surface area contributed by atoms with Crippen LogP contribution in [0.1, 0.15) is 57.3 Å². The zero-order valence-corrected chi connectivity index (χ0v) is 30.0. The molecule has 8 atom stereocenters. The Hall–Kier alpha value is -3.99. The van der Waals surface area contributed by atoms with E-state index in [1.165, 1.54) is 4.90 Å². The topological polar surface area (TPSA) is 117 Å². The number of aliphatic hydroxyl groups is 1. The van der Waals surface area contributed by atoms with Crippen LogP contribution in [0.4, 0.5) is 5.69 Å². The van der Waals surface area contributed by atoms with E-state index < -0.39 is 65.6 Å². The van der Waals surface area contributed by atoms with Crippen LogP contribution in [0.5, 0.6) is 0 Å². The fourth-order valence-electron chi connectivity index (χ4n) is 8.18. The smallest absolute Gasteiger partial charge is 0.313 e. The van der Waals surface area contributed by atoms with Gasteiger partial charge in [-0.2, -0.15) is 0 Å². The number of rotatable bonds is 6. The van der Waals surface area contributed by atoms with Crippen LogP contribution >= 0.6 is 11.6 Å². The molecule has 1 N–H and O–H groups in total. The van der Waals surface area contributed by atoms with E-state index in [-0.39, 0.29) is 31.4 Å². The van der Waals surface area contributed by atoms with Gasteiger partial charge in [-0.15, -0.1) is 0 Å². The summed E-state index contributed by atoms with van der Waals surface area (Å²) in [5.74, 6) is -3.72. The zero-order valence-electron chi connectivity index (χ0n) is 29.2. The van der Waals surface area contributed by atoms with Crippen LogP contribution in [0, 0.1) is 24.7 Å². The number of para-hydroxylation sites is 1. The minimum atomic E-state index is -1.49. The fraction of sp³-hybridized carbons (Fsp3) is 0.487. The molecular formula is C39H46ClN3O7. The van der Waals surface area contributed by atoms with Crippen molar-refractivity contribution in [3.05, 3.63) is 89.0 Å². The minimum absolute atomic E-state index is 0.0883. The summed E-state index contributed by atoms with van der Waals surface area (Å²) >= 11 is 6.78. The van der Waals surface area contributed by atoms with E-state index in [9.17, 15) is 19.5 Å². The van der Waals surface area contributed by atoms with Crippen LogP contribution < -0.4 is 4.90 Å². The summed E-state index contributed by atoms with van der Waals surface area (Å²) in [7, 11) is 1.69. The van der Waals surface area contributed by atoms with Crippen molar-refractivity contribution in [1.82, 2.24) is 9.80 Å².